The van der Waals surface area contributed by atoms with Gasteiger partial charge in [-0.3, -0.25) is 4.79 Å². The highest BCUT2D eigenvalue weighted by atomic mass is 19.2. The van der Waals surface area contributed by atoms with Gasteiger partial charge < -0.3 is 21.1 Å². The zero-order chi connectivity index (χ0) is 30.0. The molecule has 3 heterocycles. The number of ether oxygens (including phenoxy) is 1. The van der Waals surface area contributed by atoms with Crippen molar-refractivity contribution in [3.8, 4) is 28.8 Å². The van der Waals surface area contributed by atoms with Crippen LogP contribution in [-0.2, 0) is 11.3 Å². The van der Waals surface area contributed by atoms with Crippen molar-refractivity contribution in [1.82, 2.24) is 24.6 Å². The lowest BCUT2D eigenvalue weighted by Crippen LogP contribution is -2.39. The highest BCUT2D eigenvalue weighted by Crippen LogP contribution is 2.35. The molecule has 1 amide bonds. The first-order chi connectivity index (χ1) is 20.2. The minimum atomic E-state index is -1.19. The summed E-state index contributed by atoms with van der Waals surface area (Å²) in [5.41, 5.74) is 12.4. The monoisotopic (exact) mass is 576 g/mol. The van der Waals surface area contributed by atoms with Crippen LogP contribution in [-0.4, -0.2) is 49.7 Å². The lowest BCUT2D eigenvalue weighted by molar-refractivity contribution is -0.127. The van der Waals surface area contributed by atoms with E-state index >= 15 is 4.39 Å². The molecule has 2 aromatic carbocycles. The highest BCUT2D eigenvalue weighted by Gasteiger charge is 2.32. The van der Waals surface area contributed by atoms with Crippen LogP contribution >= 0.6 is 0 Å². The van der Waals surface area contributed by atoms with E-state index in [9.17, 15) is 18.8 Å². The number of carbonyl (C=O) groups excluding carboxylic acids is 1. The number of amides is 1. The third-order valence-corrected chi connectivity index (χ3v) is 7.09. The number of halogens is 3. The summed E-state index contributed by atoms with van der Waals surface area (Å²) in [5.74, 6) is -3.94. The zero-order valence-corrected chi connectivity index (χ0v) is 22.6. The number of carbonyl (C=O) groups is 1. The normalized spacial score (nSPS) is 16.0. The van der Waals surface area contributed by atoms with Crippen molar-refractivity contribution in [1.29, 1.82) is 5.26 Å². The number of nitrogen functional groups attached to an aromatic ring is 1. The number of nitriles is 1. The predicted molar refractivity (Wildman–Crippen MR) is 148 cm³/mol. The number of benzene rings is 2. The summed E-state index contributed by atoms with van der Waals surface area (Å²) in [7, 11) is 0. The lowest BCUT2D eigenvalue weighted by Gasteiger charge is -2.24. The average molecular weight is 577 g/mol. The Hall–Kier alpha value is -4.96. The van der Waals surface area contributed by atoms with Crippen molar-refractivity contribution in [2.75, 3.05) is 18.8 Å². The van der Waals surface area contributed by atoms with E-state index in [1.807, 2.05) is 13.0 Å². The molecule has 10 nitrogen and oxygen atoms in total. The van der Waals surface area contributed by atoms with Crippen LogP contribution in [0.5, 0.6) is 11.5 Å². The van der Waals surface area contributed by atoms with Crippen LogP contribution in [0.3, 0.4) is 0 Å². The molecule has 1 aliphatic heterocycles. The Morgan fingerprint density at radius 2 is 2.05 bits per heavy atom. The van der Waals surface area contributed by atoms with Crippen molar-refractivity contribution in [2.24, 2.45) is 11.7 Å². The molecule has 2 aromatic heterocycles. The minimum Gasteiger partial charge on any atom is -0.454 e. The van der Waals surface area contributed by atoms with Crippen molar-refractivity contribution in [3.63, 3.8) is 0 Å². The number of nitrogens with zero attached hydrogens (tertiary/aromatic N) is 6. The lowest BCUT2D eigenvalue weighted by atomic mass is 10.1. The van der Waals surface area contributed by atoms with Crippen molar-refractivity contribution < 1.29 is 22.7 Å². The van der Waals surface area contributed by atoms with E-state index in [1.54, 1.807) is 15.7 Å². The SMILES string of the molecule is CC(C=C(C#N)C(=O)N1CCCC1Cn1nc(-c2ccc(Oc3cccc(F)c3F)cc2F)c2c(N)ncnc21)CN. The third-order valence-electron chi connectivity index (χ3n) is 7.09. The Morgan fingerprint density at radius 3 is 2.79 bits per heavy atom. The first-order valence-corrected chi connectivity index (χ1v) is 13.2. The van der Waals surface area contributed by atoms with Crippen molar-refractivity contribution >= 4 is 22.8 Å². The van der Waals surface area contributed by atoms with E-state index in [1.165, 1.54) is 30.6 Å². The Kier molecular flexibility index (Phi) is 8.08. The van der Waals surface area contributed by atoms with E-state index < -0.39 is 23.2 Å². The van der Waals surface area contributed by atoms with Crippen LogP contribution in [0.4, 0.5) is 19.0 Å². The first kappa shape index (κ1) is 28.6. The van der Waals surface area contributed by atoms with Gasteiger partial charge in [0.15, 0.2) is 17.2 Å². The highest BCUT2D eigenvalue weighted by molar-refractivity contribution is 5.99. The molecule has 1 fully saturated rings. The molecule has 13 heteroatoms. The molecule has 0 saturated carbocycles. The molecule has 0 aliphatic carbocycles. The molecule has 2 unspecified atom stereocenters. The smallest absolute Gasteiger partial charge is 0.264 e. The minimum absolute atomic E-state index is 0.0277. The number of likely N-dealkylation sites (tertiary alicyclic amines) is 1. The molecule has 1 saturated heterocycles. The van der Waals surface area contributed by atoms with Gasteiger partial charge in [0.1, 0.15) is 41.0 Å². The second kappa shape index (κ2) is 11.9. The Balaban J connectivity index is 1.47. The quantitative estimate of drug-likeness (QED) is 0.233. The summed E-state index contributed by atoms with van der Waals surface area (Å²) < 4.78 is 50.0. The number of fused-ring (bicyclic) bond motifs is 1. The van der Waals surface area contributed by atoms with Gasteiger partial charge >= 0.3 is 0 Å². The molecule has 0 radical (unpaired) electrons. The number of nitrogens with two attached hydrogens (primary N) is 2. The maximum Gasteiger partial charge on any atom is 0.264 e. The van der Waals surface area contributed by atoms with Gasteiger partial charge in [-0.05, 0) is 49.6 Å². The third kappa shape index (κ3) is 5.48. The van der Waals surface area contributed by atoms with Crippen LogP contribution in [0.2, 0.25) is 0 Å². The Morgan fingerprint density at radius 1 is 1.24 bits per heavy atom. The fourth-order valence-electron chi connectivity index (χ4n) is 4.94. The Bertz CT molecular complexity index is 1730. The molecule has 0 spiro atoms. The summed E-state index contributed by atoms with van der Waals surface area (Å²) in [6, 6.07) is 8.93. The van der Waals surface area contributed by atoms with E-state index in [-0.39, 0.29) is 52.8 Å². The number of rotatable bonds is 8. The largest absolute Gasteiger partial charge is 0.454 e. The molecular weight excluding hydrogens is 549 g/mol. The molecule has 0 bridgehead atoms. The molecule has 4 N–H and O–H groups in total. The maximum atomic E-state index is 15.4. The standard InChI is InChI=1S/C29H27F3N8O2/c1-16(12-33)10-17(13-34)29(41)39-9-3-4-18(39)14-40-28-24(27(35)36-15-37-28)26(38-40)20-8-7-19(11-22(20)31)42-23-6-2-5-21(30)25(23)32/h2,5-8,10-11,15-16,18H,3-4,9,12,14,33H2,1H3,(H2,35,36,37). The Labute approximate surface area is 239 Å². The van der Waals surface area contributed by atoms with Crippen LogP contribution in [0.25, 0.3) is 22.3 Å². The summed E-state index contributed by atoms with van der Waals surface area (Å²) in [4.78, 5) is 23.2. The van der Waals surface area contributed by atoms with Crippen molar-refractivity contribution in [2.45, 2.75) is 32.4 Å². The fourth-order valence-corrected chi connectivity index (χ4v) is 4.94. The van der Waals surface area contributed by atoms with E-state index in [0.29, 0.717) is 30.5 Å². The molecule has 1 aliphatic rings. The summed E-state index contributed by atoms with van der Waals surface area (Å²) in [6.45, 7) is 2.80. The molecule has 42 heavy (non-hydrogen) atoms. The molecule has 4 aromatic rings. The van der Waals surface area contributed by atoms with Gasteiger partial charge in [0.25, 0.3) is 5.91 Å². The van der Waals surface area contributed by atoms with Gasteiger partial charge in [-0.1, -0.05) is 19.1 Å². The van der Waals surface area contributed by atoms with Gasteiger partial charge in [0.05, 0.1) is 18.0 Å². The molecule has 5 rings (SSSR count). The average Bonchev–Trinajstić information content (AvgIpc) is 3.59. The second-order valence-corrected chi connectivity index (χ2v) is 9.98. The van der Waals surface area contributed by atoms with E-state index in [2.05, 4.69) is 15.1 Å². The van der Waals surface area contributed by atoms with Gasteiger partial charge in [0.2, 0.25) is 5.82 Å². The van der Waals surface area contributed by atoms with Crippen LogP contribution in [0.15, 0.2) is 54.4 Å². The number of aromatic nitrogens is 4. The number of hydrogen-bond donors (Lipinski definition) is 2. The second-order valence-electron chi connectivity index (χ2n) is 9.98. The van der Waals surface area contributed by atoms with Crippen LogP contribution < -0.4 is 16.2 Å². The van der Waals surface area contributed by atoms with Crippen LogP contribution in [0.1, 0.15) is 19.8 Å². The van der Waals surface area contributed by atoms with E-state index in [4.69, 9.17) is 16.2 Å². The van der Waals surface area contributed by atoms with Gasteiger partial charge in [-0.15, -0.1) is 0 Å². The summed E-state index contributed by atoms with van der Waals surface area (Å²) in [6.07, 6.45) is 4.23. The van der Waals surface area contributed by atoms with Gasteiger partial charge in [-0.2, -0.15) is 14.8 Å². The summed E-state index contributed by atoms with van der Waals surface area (Å²) >= 11 is 0. The molecule has 216 valence electrons. The fraction of sp³-hybridized carbons (Fsp3) is 0.276. The number of hydrogen-bond acceptors (Lipinski definition) is 8. The van der Waals surface area contributed by atoms with Gasteiger partial charge in [0, 0.05) is 18.2 Å². The van der Waals surface area contributed by atoms with E-state index in [0.717, 1.165) is 18.6 Å². The zero-order valence-electron chi connectivity index (χ0n) is 22.6. The maximum absolute atomic E-state index is 15.4. The van der Waals surface area contributed by atoms with Gasteiger partial charge in [-0.25, -0.2) is 23.4 Å². The van der Waals surface area contributed by atoms with Crippen molar-refractivity contribution in [3.05, 3.63) is 71.8 Å². The number of anilines is 1. The molecule has 2 atom stereocenters. The van der Waals surface area contributed by atoms with Crippen LogP contribution in [0, 0.1) is 34.7 Å². The first-order valence-electron chi connectivity index (χ1n) is 13.2. The molecular formula is C29H27F3N8O2. The summed E-state index contributed by atoms with van der Waals surface area (Å²) in [5, 5.41) is 14.5. The topological polar surface area (TPSA) is 149 Å². The predicted octanol–water partition coefficient (Wildman–Crippen LogP) is 4.32.